The lowest BCUT2D eigenvalue weighted by Gasteiger charge is -2.07. The van der Waals surface area contributed by atoms with Gasteiger partial charge in [-0.05, 0) is 52.9 Å². The Bertz CT molecular complexity index is 800. The standard InChI is InChI=1S/C14H9ClIN3O/c15-10-3-4-12(11(16)6-10)18-14(20)8-1-2-9-7-17-19-13(9)5-8/h1-7H,(H,17,19)(H,18,20). The number of fused-ring (bicyclic) bond motifs is 1. The topological polar surface area (TPSA) is 57.8 Å². The van der Waals surface area contributed by atoms with Crippen LogP contribution in [0.2, 0.25) is 5.02 Å². The molecule has 1 heterocycles. The van der Waals surface area contributed by atoms with Gasteiger partial charge in [0.25, 0.3) is 5.91 Å². The second kappa shape index (κ2) is 5.41. The number of nitrogens with zero attached hydrogens (tertiary/aromatic N) is 1. The highest BCUT2D eigenvalue weighted by atomic mass is 127. The number of benzene rings is 2. The first-order valence-corrected chi connectivity index (χ1v) is 7.29. The Morgan fingerprint density at radius 1 is 1.25 bits per heavy atom. The number of halogens is 2. The first kappa shape index (κ1) is 13.4. The van der Waals surface area contributed by atoms with Crippen molar-refractivity contribution in [3.8, 4) is 0 Å². The summed E-state index contributed by atoms with van der Waals surface area (Å²) in [6.45, 7) is 0. The maximum atomic E-state index is 12.2. The van der Waals surface area contributed by atoms with Gasteiger partial charge in [0, 0.05) is 19.5 Å². The Labute approximate surface area is 133 Å². The molecule has 0 aliphatic carbocycles. The Morgan fingerprint density at radius 3 is 2.90 bits per heavy atom. The molecule has 0 atom stereocenters. The van der Waals surface area contributed by atoms with E-state index in [4.69, 9.17) is 11.6 Å². The van der Waals surface area contributed by atoms with E-state index in [0.717, 1.165) is 20.2 Å². The zero-order valence-electron chi connectivity index (χ0n) is 10.2. The minimum Gasteiger partial charge on any atom is -0.321 e. The van der Waals surface area contributed by atoms with Gasteiger partial charge < -0.3 is 5.32 Å². The average Bonchev–Trinajstić information content (AvgIpc) is 2.89. The van der Waals surface area contributed by atoms with E-state index in [9.17, 15) is 4.79 Å². The second-order valence-corrected chi connectivity index (χ2v) is 5.85. The number of anilines is 1. The van der Waals surface area contributed by atoms with Crippen LogP contribution in [0.5, 0.6) is 0 Å². The molecule has 0 spiro atoms. The van der Waals surface area contributed by atoms with Gasteiger partial charge in [0.2, 0.25) is 0 Å². The van der Waals surface area contributed by atoms with Gasteiger partial charge in [0.15, 0.2) is 0 Å². The number of nitrogens with one attached hydrogen (secondary N) is 2. The van der Waals surface area contributed by atoms with Crippen LogP contribution >= 0.6 is 34.2 Å². The summed E-state index contributed by atoms with van der Waals surface area (Å²) in [7, 11) is 0. The molecule has 2 aromatic carbocycles. The van der Waals surface area contributed by atoms with Crippen LogP contribution in [-0.4, -0.2) is 16.1 Å². The Kier molecular flexibility index (Phi) is 3.62. The predicted octanol–water partition coefficient (Wildman–Crippen LogP) is 4.07. The highest BCUT2D eigenvalue weighted by Crippen LogP contribution is 2.23. The molecule has 0 saturated carbocycles. The van der Waals surface area contributed by atoms with Gasteiger partial charge in [-0.15, -0.1) is 0 Å². The average molecular weight is 398 g/mol. The van der Waals surface area contributed by atoms with Gasteiger partial charge >= 0.3 is 0 Å². The van der Waals surface area contributed by atoms with Crippen LogP contribution in [0.15, 0.2) is 42.6 Å². The lowest BCUT2D eigenvalue weighted by atomic mass is 10.1. The van der Waals surface area contributed by atoms with Crippen LogP contribution in [0.25, 0.3) is 10.9 Å². The first-order chi connectivity index (χ1) is 9.63. The van der Waals surface area contributed by atoms with Crippen LogP contribution in [0.4, 0.5) is 5.69 Å². The molecule has 2 N–H and O–H groups in total. The number of hydrogen-bond donors (Lipinski definition) is 2. The smallest absolute Gasteiger partial charge is 0.255 e. The van der Waals surface area contributed by atoms with Gasteiger partial charge in [0.05, 0.1) is 17.4 Å². The van der Waals surface area contributed by atoms with Gasteiger partial charge in [-0.25, -0.2) is 0 Å². The van der Waals surface area contributed by atoms with Crippen LogP contribution < -0.4 is 5.32 Å². The van der Waals surface area contributed by atoms with E-state index in [1.165, 1.54) is 0 Å². The second-order valence-electron chi connectivity index (χ2n) is 4.25. The number of carbonyl (C=O) groups is 1. The quantitative estimate of drug-likeness (QED) is 0.640. The zero-order chi connectivity index (χ0) is 14.1. The fourth-order valence-corrected chi connectivity index (χ4v) is 2.87. The van der Waals surface area contributed by atoms with Crippen molar-refractivity contribution in [1.82, 2.24) is 10.2 Å². The Morgan fingerprint density at radius 2 is 2.10 bits per heavy atom. The van der Waals surface area contributed by atoms with Crippen molar-refractivity contribution in [2.75, 3.05) is 5.32 Å². The number of carbonyl (C=O) groups excluding carboxylic acids is 1. The molecule has 4 nitrogen and oxygen atoms in total. The van der Waals surface area contributed by atoms with Crippen LogP contribution in [-0.2, 0) is 0 Å². The molecule has 0 bridgehead atoms. The highest BCUT2D eigenvalue weighted by Gasteiger charge is 2.09. The Hall–Kier alpha value is -1.60. The molecule has 20 heavy (non-hydrogen) atoms. The van der Waals surface area contributed by atoms with Gasteiger partial charge in [-0.2, -0.15) is 5.10 Å². The molecule has 0 radical (unpaired) electrons. The lowest BCUT2D eigenvalue weighted by Crippen LogP contribution is -2.12. The summed E-state index contributed by atoms with van der Waals surface area (Å²) in [5.74, 6) is -0.165. The summed E-state index contributed by atoms with van der Waals surface area (Å²) in [5, 5.41) is 11.3. The molecule has 3 aromatic rings. The zero-order valence-corrected chi connectivity index (χ0v) is 13.1. The summed E-state index contributed by atoms with van der Waals surface area (Å²) in [6, 6.07) is 10.8. The van der Waals surface area contributed by atoms with E-state index < -0.39 is 0 Å². The summed E-state index contributed by atoms with van der Waals surface area (Å²) in [4.78, 5) is 12.2. The minimum absolute atomic E-state index is 0.165. The van der Waals surface area contributed by atoms with E-state index >= 15 is 0 Å². The largest absolute Gasteiger partial charge is 0.321 e. The summed E-state index contributed by atoms with van der Waals surface area (Å²) in [6.07, 6.45) is 1.72. The molecular formula is C14H9ClIN3O. The lowest BCUT2D eigenvalue weighted by molar-refractivity contribution is 0.102. The summed E-state index contributed by atoms with van der Waals surface area (Å²) in [5.41, 5.74) is 2.15. The first-order valence-electron chi connectivity index (χ1n) is 5.83. The molecule has 0 aliphatic rings. The van der Waals surface area contributed by atoms with E-state index in [1.54, 1.807) is 36.5 Å². The molecule has 100 valence electrons. The van der Waals surface area contributed by atoms with E-state index in [0.29, 0.717) is 10.6 Å². The third-order valence-electron chi connectivity index (χ3n) is 2.88. The van der Waals surface area contributed by atoms with E-state index in [-0.39, 0.29) is 5.91 Å². The van der Waals surface area contributed by atoms with Crippen molar-refractivity contribution < 1.29 is 4.79 Å². The SMILES string of the molecule is O=C(Nc1ccc(Cl)cc1I)c1ccc2cn[nH]c2c1. The maximum absolute atomic E-state index is 12.2. The van der Waals surface area contributed by atoms with Crippen molar-refractivity contribution in [2.24, 2.45) is 0 Å². The third-order valence-corrected chi connectivity index (χ3v) is 4.01. The number of H-pyrrole nitrogens is 1. The van der Waals surface area contributed by atoms with E-state index in [2.05, 4.69) is 38.1 Å². The van der Waals surface area contributed by atoms with E-state index in [1.807, 2.05) is 6.07 Å². The molecule has 6 heteroatoms. The van der Waals surface area contributed by atoms with Crippen LogP contribution in [0.1, 0.15) is 10.4 Å². The van der Waals surface area contributed by atoms with Crippen molar-refractivity contribution in [3.63, 3.8) is 0 Å². The van der Waals surface area contributed by atoms with Crippen molar-refractivity contribution in [2.45, 2.75) is 0 Å². The highest BCUT2D eigenvalue weighted by molar-refractivity contribution is 14.1. The maximum Gasteiger partial charge on any atom is 0.255 e. The van der Waals surface area contributed by atoms with Crippen molar-refractivity contribution in [3.05, 3.63) is 56.8 Å². The van der Waals surface area contributed by atoms with Gasteiger partial charge in [-0.3, -0.25) is 9.89 Å². The normalized spacial score (nSPS) is 10.7. The molecule has 0 unspecified atom stereocenters. The number of rotatable bonds is 2. The van der Waals surface area contributed by atoms with Crippen LogP contribution in [0.3, 0.4) is 0 Å². The summed E-state index contributed by atoms with van der Waals surface area (Å²) < 4.78 is 0.895. The van der Waals surface area contributed by atoms with Crippen molar-refractivity contribution >= 4 is 56.7 Å². The summed E-state index contributed by atoms with van der Waals surface area (Å²) >= 11 is 8.03. The molecule has 0 fully saturated rings. The molecule has 3 rings (SSSR count). The number of aromatic nitrogens is 2. The third kappa shape index (κ3) is 2.64. The molecular weight excluding hydrogens is 389 g/mol. The molecule has 1 amide bonds. The predicted molar refractivity (Wildman–Crippen MR) is 88.2 cm³/mol. The Balaban J connectivity index is 1.88. The van der Waals surface area contributed by atoms with Crippen LogP contribution in [0, 0.1) is 3.57 Å². The number of aromatic amines is 1. The monoisotopic (exact) mass is 397 g/mol. The van der Waals surface area contributed by atoms with Crippen molar-refractivity contribution in [1.29, 1.82) is 0 Å². The number of hydrogen-bond acceptors (Lipinski definition) is 2. The molecule has 1 aromatic heterocycles. The van der Waals surface area contributed by atoms with Gasteiger partial charge in [-0.1, -0.05) is 17.7 Å². The fraction of sp³-hybridized carbons (Fsp3) is 0. The number of amides is 1. The van der Waals surface area contributed by atoms with Gasteiger partial charge in [0.1, 0.15) is 0 Å². The minimum atomic E-state index is -0.165. The molecule has 0 aliphatic heterocycles. The fourth-order valence-electron chi connectivity index (χ4n) is 1.86. The molecule has 0 saturated heterocycles.